The van der Waals surface area contributed by atoms with Crippen LogP contribution in [0.2, 0.25) is 0 Å². The number of rotatable bonds is 2. The van der Waals surface area contributed by atoms with Crippen molar-refractivity contribution in [2.24, 2.45) is 0 Å². The van der Waals surface area contributed by atoms with Crippen molar-refractivity contribution in [1.82, 2.24) is 0 Å². The van der Waals surface area contributed by atoms with Crippen molar-refractivity contribution in [3.63, 3.8) is 0 Å². The van der Waals surface area contributed by atoms with Crippen LogP contribution in [0.4, 0.5) is 5.69 Å². The molecular formula is C13H9N3O3. The minimum atomic E-state index is -0.489. The lowest BCUT2D eigenvalue weighted by atomic mass is 10.00. The van der Waals surface area contributed by atoms with E-state index < -0.39 is 4.92 Å². The fourth-order valence-corrected chi connectivity index (χ4v) is 1.79. The Bertz CT molecular complexity index is 688. The van der Waals surface area contributed by atoms with Gasteiger partial charge in [-0.1, -0.05) is 0 Å². The van der Waals surface area contributed by atoms with Crippen molar-refractivity contribution < 1.29 is 9.65 Å². The lowest BCUT2D eigenvalue weighted by Gasteiger charge is -2.07. The highest BCUT2D eigenvalue weighted by atomic mass is 16.6. The first kappa shape index (κ1) is 12.5. The van der Waals surface area contributed by atoms with Crippen LogP contribution < -0.4 is 4.73 Å². The van der Waals surface area contributed by atoms with Crippen molar-refractivity contribution in [1.29, 1.82) is 5.26 Å². The van der Waals surface area contributed by atoms with E-state index in [1.807, 2.05) is 6.07 Å². The van der Waals surface area contributed by atoms with Crippen LogP contribution in [-0.2, 0) is 0 Å². The topological polar surface area (TPSA) is 93.9 Å². The zero-order valence-corrected chi connectivity index (χ0v) is 10.0. The van der Waals surface area contributed by atoms with Gasteiger partial charge in [0, 0.05) is 30.7 Å². The molecular weight excluding hydrogens is 246 g/mol. The van der Waals surface area contributed by atoms with Crippen molar-refractivity contribution >= 4 is 5.69 Å². The minimum absolute atomic E-state index is 0.0196. The highest BCUT2D eigenvalue weighted by Crippen LogP contribution is 2.25. The molecule has 6 heteroatoms. The maximum absolute atomic E-state index is 11.4. The van der Waals surface area contributed by atoms with Crippen molar-refractivity contribution in [3.05, 3.63) is 63.1 Å². The van der Waals surface area contributed by atoms with E-state index in [1.54, 1.807) is 19.1 Å². The summed E-state index contributed by atoms with van der Waals surface area (Å²) in [6.07, 6.45) is 1.31. The van der Waals surface area contributed by atoms with E-state index in [0.29, 0.717) is 21.6 Å². The molecule has 19 heavy (non-hydrogen) atoms. The van der Waals surface area contributed by atoms with Gasteiger partial charge in [-0.25, -0.2) is 0 Å². The quantitative estimate of drug-likeness (QED) is 0.355. The molecule has 2 rings (SSSR count). The number of hydrogen-bond donors (Lipinski definition) is 0. The summed E-state index contributed by atoms with van der Waals surface area (Å²) in [4.78, 5) is 10.1. The normalized spacial score (nSPS) is 9.89. The summed E-state index contributed by atoms with van der Waals surface area (Å²) in [5.74, 6) is 0. The zero-order chi connectivity index (χ0) is 14.0. The number of nitro groups is 1. The molecule has 0 saturated heterocycles. The van der Waals surface area contributed by atoms with Gasteiger partial charge in [0.1, 0.15) is 11.6 Å². The molecule has 0 amide bonds. The van der Waals surface area contributed by atoms with Gasteiger partial charge < -0.3 is 5.21 Å². The van der Waals surface area contributed by atoms with Gasteiger partial charge in [0.05, 0.1) is 4.92 Å². The number of benzene rings is 1. The van der Waals surface area contributed by atoms with Gasteiger partial charge in [0.2, 0.25) is 5.69 Å². The van der Waals surface area contributed by atoms with Gasteiger partial charge in [-0.05, 0) is 17.7 Å². The highest BCUT2D eigenvalue weighted by molar-refractivity contribution is 5.71. The Labute approximate surface area is 108 Å². The first-order chi connectivity index (χ1) is 9.04. The predicted molar refractivity (Wildman–Crippen MR) is 66.9 cm³/mol. The molecule has 94 valence electrons. The molecule has 6 nitrogen and oxygen atoms in total. The lowest BCUT2D eigenvalue weighted by Crippen LogP contribution is -2.30. The average Bonchev–Trinajstić information content (AvgIpc) is 2.41. The smallest absolute Gasteiger partial charge is 0.269 e. The van der Waals surface area contributed by atoms with Crippen LogP contribution in [0, 0.1) is 33.6 Å². The standard InChI is InChI=1S/C13H9N3O3/c1-9-13(8-14)12(6-7-15(9)17)10-2-4-11(5-3-10)16(18)19/h2-7H,1H3. The Kier molecular flexibility index (Phi) is 3.12. The van der Waals surface area contributed by atoms with Crippen molar-refractivity contribution in [3.8, 4) is 17.2 Å². The number of hydrogen-bond acceptors (Lipinski definition) is 4. The van der Waals surface area contributed by atoms with Crippen LogP contribution >= 0.6 is 0 Å². The largest absolute Gasteiger partial charge is 0.618 e. The van der Waals surface area contributed by atoms with Gasteiger partial charge in [-0.15, -0.1) is 0 Å². The number of nitriles is 1. The molecule has 0 radical (unpaired) electrons. The number of aromatic nitrogens is 1. The Morgan fingerprint density at radius 2 is 1.89 bits per heavy atom. The molecule has 0 aliphatic heterocycles. The van der Waals surface area contributed by atoms with Crippen LogP contribution in [-0.4, -0.2) is 4.92 Å². The second-order valence-electron chi connectivity index (χ2n) is 3.93. The molecule has 0 spiro atoms. The minimum Gasteiger partial charge on any atom is -0.618 e. The third kappa shape index (κ3) is 2.21. The number of nitro benzene ring substituents is 1. The maximum atomic E-state index is 11.4. The summed E-state index contributed by atoms with van der Waals surface area (Å²) in [7, 11) is 0. The molecule has 0 unspecified atom stereocenters. The molecule has 1 aromatic carbocycles. The second-order valence-corrected chi connectivity index (χ2v) is 3.93. The Hall–Kier alpha value is -2.94. The predicted octanol–water partition coefficient (Wildman–Crippen LogP) is 2.08. The molecule has 0 bridgehead atoms. The molecule has 0 aliphatic rings. The Balaban J connectivity index is 2.57. The second kappa shape index (κ2) is 4.74. The van der Waals surface area contributed by atoms with E-state index in [4.69, 9.17) is 5.26 Å². The molecule has 0 saturated carbocycles. The van der Waals surface area contributed by atoms with E-state index in [-0.39, 0.29) is 11.3 Å². The Morgan fingerprint density at radius 1 is 1.26 bits per heavy atom. The fourth-order valence-electron chi connectivity index (χ4n) is 1.79. The van der Waals surface area contributed by atoms with Gasteiger partial charge in [-0.2, -0.15) is 9.99 Å². The van der Waals surface area contributed by atoms with E-state index in [1.165, 1.54) is 24.4 Å². The average molecular weight is 255 g/mol. The highest BCUT2D eigenvalue weighted by Gasteiger charge is 2.15. The summed E-state index contributed by atoms with van der Waals surface area (Å²) in [5.41, 5.74) is 1.80. The third-order valence-corrected chi connectivity index (χ3v) is 2.84. The van der Waals surface area contributed by atoms with Crippen LogP contribution in [0.25, 0.3) is 11.1 Å². The number of nitrogens with zero attached hydrogens (tertiary/aromatic N) is 3. The van der Waals surface area contributed by atoms with Crippen LogP contribution in [0.3, 0.4) is 0 Å². The van der Waals surface area contributed by atoms with E-state index in [0.717, 1.165) is 0 Å². The molecule has 1 heterocycles. The van der Waals surface area contributed by atoms with E-state index in [9.17, 15) is 15.3 Å². The monoisotopic (exact) mass is 255 g/mol. The van der Waals surface area contributed by atoms with Crippen LogP contribution in [0.1, 0.15) is 11.3 Å². The first-order valence-corrected chi connectivity index (χ1v) is 5.42. The van der Waals surface area contributed by atoms with Gasteiger partial charge in [0.15, 0.2) is 6.20 Å². The summed E-state index contributed by atoms with van der Waals surface area (Å²) < 4.78 is 0.618. The summed E-state index contributed by atoms with van der Waals surface area (Å²) in [6, 6.07) is 9.36. The van der Waals surface area contributed by atoms with Gasteiger partial charge in [-0.3, -0.25) is 10.1 Å². The number of non-ortho nitro benzene ring substituents is 1. The van der Waals surface area contributed by atoms with Crippen LogP contribution in [0.15, 0.2) is 36.5 Å². The zero-order valence-electron chi connectivity index (χ0n) is 10.0. The molecule has 1 aromatic heterocycles. The maximum Gasteiger partial charge on any atom is 0.269 e. The first-order valence-electron chi connectivity index (χ1n) is 5.42. The number of pyridine rings is 1. The molecule has 0 fully saturated rings. The van der Waals surface area contributed by atoms with Crippen LogP contribution in [0.5, 0.6) is 0 Å². The van der Waals surface area contributed by atoms with Crippen molar-refractivity contribution in [2.75, 3.05) is 0 Å². The fraction of sp³-hybridized carbons (Fsp3) is 0.0769. The molecule has 2 aromatic rings. The molecule has 0 aliphatic carbocycles. The lowest BCUT2D eigenvalue weighted by molar-refractivity contribution is -0.612. The Morgan fingerprint density at radius 3 is 2.42 bits per heavy atom. The van der Waals surface area contributed by atoms with Gasteiger partial charge >= 0.3 is 0 Å². The van der Waals surface area contributed by atoms with E-state index in [2.05, 4.69) is 0 Å². The SMILES string of the molecule is Cc1c(C#N)c(-c2ccc([N+](=O)[O-])cc2)cc[n+]1[O-]. The van der Waals surface area contributed by atoms with E-state index >= 15 is 0 Å². The van der Waals surface area contributed by atoms with Gasteiger partial charge in [0.25, 0.3) is 5.69 Å². The third-order valence-electron chi connectivity index (χ3n) is 2.84. The summed E-state index contributed by atoms with van der Waals surface area (Å²) in [5, 5.41) is 31.1. The molecule has 0 atom stereocenters. The molecule has 0 N–H and O–H groups in total. The summed E-state index contributed by atoms with van der Waals surface area (Å²) in [6.45, 7) is 1.56. The summed E-state index contributed by atoms with van der Waals surface area (Å²) >= 11 is 0. The van der Waals surface area contributed by atoms with Crippen molar-refractivity contribution in [2.45, 2.75) is 6.92 Å².